The Balaban J connectivity index is 0.828. The standard InChI is InChI=1S/C67H85N6O16PS4/c1-11-19-45-35-55-52(32-42(45)3)62(53-33-43(4)54(68-12-2)36-56(53)88-55)50-25-13-14-26-51(50)65(78)72(9)29-18-23-48(74)22-17-28-70-63(76)46-20-15-24-49(34-46)85-41-61(93-94-67(6,7)8)84-31-30-83-40-59(75)69-27-16-21-47-38-73(66(79)71-64(47)77)60-37-57(87-44(5)92-91-10)58(89-60)39-86-90(80,81)82/h13-15,19-20,24-26,32-36,38,44,57-58,60-61,68H,11-12,17-18,22-23,27-31,37,39-41H2,1-10H3,(H,69,75)(H,70,76)(H,71,77,79)(H2,80,81,82)/b45-19-/t44-,57?,58+,60+,61?/m0/s1. The van der Waals surface area contributed by atoms with Crippen molar-refractivity contribution >= 4 is 91.8 Å². The van der Waals surface area contributed by atoms with Crippen molar-refractivity contribution in [3.8, 4) is 29.1 Å². The van der Waals surface area contributed by atoms with Gasteiger partial charge in [0.05, 0.1) is 32.5 Å². The van der Waals surface area contributed by atoms with Gasteiger partial charge in [0.15, 0.2) is 0 Å². The third-order valence-corrected chi connectivity index (χ3v) is 20.6. The van der Waals surface area contributed by atoms with Gasteiger partial charge >= 0.3 is 13.5 Å². The maximum absolute atomic E-state index is 14.4. The van der Waals surface area contributed by atoms with Crippen molar-refractivity contribution in [3.63, 3.8) is 0 Å². The van der Waals surface area contributed by atoms with Gasteiger partial charge in [-0.3, -0.25) is 38.0 Å². The van der Waals surface area contributed by atoms with E-state index in [2.05, 4.69) is 110 Å². The topological polar surface area (TPSA) is 285 Å². The summed E-state index contributed by atoms with van der Waals surface area (Å²) in [6.45, 7) is 17.1. The molecule has 22 nitrogen and oxygen atoms in total. The molecule has 2 unspecified atom stereocenters. The summed E-state index contributed by atoms with van der Waals surface area (Å²) in [4.78, 5) is 101. The Kier molecular flexibility index (Phi) is 28.9. The maximum atomic E-state index is 14.4. The quantitative estimate of drug-likeness (QED) is 0.00722. The van der Waals surface area contributed by atoms with E-state index >= 15 is 0 Å². The molecule has 7 rings (SSSR count). The van der Waals surface area contributed by atoms with Gasteiger partial charge in [-0.05, 0) is 118 Å². The molecule has 6 N–H and O–H groups in total. The molecular formula is C67H85N6O16PS4. The summed E-state index contributed by atoms with van der Waals surface area (Å²) in [6, 6.07) is 22.9. The summed E-state index contributed by atoms with van der Waals surface area (Å²) in [5.74, 6) is 6.34. The number of hydrogen-bond acceptors (Lipinski definition) is 19. The van der Waals surface area contributed by atoms with Gasteiger partial charge < -0.3 is 59.1 Å². The number of carbonyl (C=O) groups excluding carboxylic acids is 4. The molecule has 1 saturated heterocycles. The number of benzene rings is 4. The van der Waals surface area contributed by atoms with Crippen LogP contribution >= 0.6 is 51.0 Å². The Morgan fingerprint density at radius 1 is 0.947 bits per heavy atom. The van der Waals surface area contributed by atoms with Crippen molar-refractivity contribution < 1.29 is 66.5 Å². The van der Waals surface area contributed by atoms with E-state index in [1.54, 1.807) is 53.9 Å². The van der Waals surface area contributed by atoms with E-state index in [1.165, 1.54) is 38.6 Å². The van der Waals surface area contributed by atoms with E-state index in [0.29, 0.717) is 42.0 Å². The van der Waals surface area contributed by atoms with Crippen LogP contribution in [0.3, 0.4) is 0 Å². The second-order valence-electron chi connectivity index (χ2n) is 23.2. The van der Waals surface area contributed by atoms with Gasteiger partial charge in [0.1, 0.15) is 65.0 Å². The number of anilines is 1. The van der Waals surface area contributed by atoms with Crippen LogP contribution in [0.15, 0.2) is 88.6 Å². The normalized spacial score (nSPS) is 16.0. The lowest BCUT2D eigenvalue weighted by atomic mass is 9.87. The Hall–Kier alpha value is -6.31. The molecule has 0 saturated carbocycles. The number of nitrogens with one attached hydrogen (secondary N) is 4. The lowest BCUT2D eigenvalue weighted by Crippen LogP contribution is -2.34. The molecule has 3 amide bonds. The number of fused-ring (bicyclic) bond motifs is 2. The first-order valence-corrected chi connectivity index (χ1v) is 37.4. The number of aromatic nitrogens is 2. The monoisotopic (exact) mass is 1390 g/mol. The molecular weight excluding hydrogens is 1300 g/mol. The van der Waals surface area contributed by atoms with Crippen LogP contribution in [0.25, 0.3) is 11.6 Å². The number of aryl methyl sites for hydroxylation is 2. The highest BCUT2D eigenvalue weighted by molar-refractivity contribution is 8.77. The number of ether oxygens (including phenoxy) is 6. The van der Waals surface area contributed by atoms with Crippen LogP contribution in [0.4, 0.5) is 5.69 Å². The largest absolute Gasteiger partial charge is 0.490 e. The average Bonchev–Trinajstić information content (AvgIpc) is 0.859. The lowest BCUT2D eigenvalue weighted by Gasteiger charge is -2.25. The van der Waals surface area contributed by atoms with Gasteiger partial charge in [-0.15, -0.1) is 0 Å². The second kappa shape index (κ2) is 36.2. The summed E-state index contributed by atoms with van der Waals surface area (Å²) >= 11 is 0. The van der Waals surface area contributed by atoms with Crippen molar-refractivity contribution in [2.24, 2.45) is 0 Å². The highest BCUT2D eigenvalue weighted by Gasteiger charge is 2.40. The summed E-state index contributed by atoms with van der Waals surface area (Å²) in [5, 5.41) is 11.0. The number of phosphoric ester groups is 1. The summed E-state index contributed by atoms with van der Waals surface area (Å²) in [5.41, 5.74) is 4.28. The molecule has 5 aromatic rings. The summed E-state index contributed by atoms with van der Waals surface area (Å²) < 4.78 is 53.5. The SMILES string of the molecule is CC/C=c1/cc2c(cc1C)=C(c1ccccc1C(=O)N(C)CCCC(=O)CCCNC(=O)c1cccc(OCC(OCCOCC(=O)NCC#Cc3cn([C@H]4CC(O[C@H](C)SSC)[C@@H](COP(=O)(O)O)O4)c(=O)[nH]c3=O)SSC(C)(C)C)c1)c1cc(C)c(NCC)cc1O2. The first-order valence-electron chi connectivity index (χ1n) is 31.0. The number of nitrogens with zero attached hydrogens (tertiary/aromatic N) is 2. The summed E-state index contributed by atoms with van der Waals surface area (Å²) in [6.07, 6.45) is 5.07. The molecule has 0 aliphatic carbocycles. The highest BCUT2D eigenvalue weighted by Crippen LogP contribution is 2.43. The third-order valence-electron chi connectivity index (χ3n) is 14.6. The Labute approximate surface area is 564 Å². The predicted molar refractivity (Wildman–Crippen MR) is 372 cm³/mol. The first-order chi connectivity index (χ1) is 44.8. The van der Waals surface area contributed by atoms with Crippen molar-refractivity contribution in [3.05, 3.63) is 149 Å². The third kappa shape index (κ3) is 22.7. The van der Waals surface area contributed by atoms with E-state index in [-0.39, 0.29) is 92.1 Å². The molecule has 94 heavy (non-hydrogen) atoms. The molecule has 2 aliphatic rings. The van der Waals surface area contributed by atoms with E-state index in [9.17, 15) is 43.1 Å². The minimum atomic E-state index is -4.84. The zero-order valence-corrected chi connectivity index (χ0v) is 58.8. The lowest BCUT2D eigenvalue weighted by molar-refractivity contribution is -0.126. The maximum Gasteiger partial charge on any atom is 0.469 e. The van der Waals surface area contributed by atoms with Crippen LogP contribution in [0, 0.1) is 25.7 Å². The predicted octanol–water partition coefficient (Wildman–Crippen LogP) is 8.99. The number of amides is 3. The fourth-order valence-electron chi connectivity index (χ4n) is 10.2. The Bertz CT molecular complexity index is 3850. The zero-order chi connectivity index (χ0) is 68.1. The van der Waals surface area contributed by atoms with Crippen LogP contribution in [-0.4, -0.2) is 148 Å². The number of rotatable bonds is 34. The fraction of sp³-hybridized carbons (Fsp3) is 0.463. The molecule has 1 fully saturated rings. The second-order valence-corrected chi connectivity index (χ2v) is 30.4. The minimum absolute atomic E-state index is 0.0411. The Morgan fingerprint density at radius 2 is 1.72 bits per heavy atom. The molecule has 1 aromatic heterocycles. The minimum Gasteiger partial charge on any atom is -0.490 e. The summed E-state index contributed by atoms with van der Waals surface area (Å²) in [7, 11) is 2.89. The number of phosphoric acid groups is 1. The van der Waals surface area contributed by atoms with Crippen LogP contribution in [0.1, 0.15) is 135 Å². The molecule has 2 aliphatic heterocycles. The molecule has 0 radical (unpaired) electrons. The Morgan fingerprint density at radius 3 is 2.47 bits per heavy atom. The molecule has 4 aromatic carbocycles. The van der Waals surface area contributed by atoms with Gasteiger partial charge in [-0.25, -0.2) is 9.36 Å². The van der Waals surface area contributed by atoms with Crippen LogP contribution < -0.4 is 47.1 Å². The molecule has 0 spiro atoms. The van der Waals surface area contributed by atoms with E-state index < -0.39 is 55.5 Å². The van der Waals surface area contributed by atoms with Gasteiger partial charge in [-0.1, -0.05) is 113 Å². The van der Waals surface area contributed by atoms with Crippen molar-refractivity contribution in [2.75, 3.05) is 77.8 Å². The molecule has 0 bridgehead atoms. The molecule has 508 valence electrons. The van der Waals surface area contributed by atoms with E-state index in [1.807, 2.05) is 36.6 Å². The number of hydrogen-bond donors (Lipinski definition) is 6. The van der Waals surface area contributed by atoms with Gasteiger partial charge in [0, 0.05) is 96.1 Å². The smallest absolute Gasteiger partial charge is 0.469 e. The van der Waals surface area contributed by atoms with Crippen molar-refractivity contribution in [2.45, 2.75) is 128 Å². The molecule has 27 heteroatoms. The zero-order valence-electron chi connectivity index (χ0n) is 54.7. The number of H-pyrrole nitrogens is 1. The molecule has 5 atom stereocenters. The number of ketones is 1. The average molecular weight is 1390 g/mol. The number of carbonyl (C=O) groups is 4. The molecule has 3 heterocycles. The fourth-order valence-corrected chi connectivity index (χ4v) is 14.1. The van der Waals surface area contributed by atoms with Crippen LogP contribution in [0.5, 0.6) is 17.2 Å². The highest BCUT2D eigenvalue weighted by atomic mass is 33.1. The van der Waals surface area contributed by atoms with Crippen LogP contribution in [0.2, 0.25) is 0 Å². The number of Topliss-reactive ketones (excluding diaryl/α,β-unsaturated/α-hetero) is 1. The van der Waals surface area contributed by atoms with Crippen molar-refractivity contribution in [1.82, 2.24) is 25.1 Å². The van der Waals surface area contributed by atoms with Gasteiger partial charge in [0.25, 0.3) is 17.4 Å². The van der Waals surface area contributed by atoms with Gasteiger partial charge in [0.2, 0.25) is 5.91 Å². The van der Waals surface area contributed by atoms with Crippen molar-refractivity contribution in [1.29, 1.82) is 0 Å². The van der Waals surface area contributed by atoms with Gasteiger partial charge in [-0.2, -0.15) is 0 Å². The number of aromatic amines is 1. The van der Waals surface area contributed by atoms with E-state index in [0.717, 1.165) is 67.2 Å². The first kappa shape index (κ1) is 75.1. The van der Waals surface area contributed by atoms with E-state index in [4.69, 9.17) is 28.4 Å². The van der Waals surface area contributed by atoms with Crippen LogP contribution in [-0.2, 0) is 37.6 Å².